The lowest BCUT2D eigenvalue weighted by molar-refractivity contribution is 0.581. The van der Waals surface area contributed by atoms with Crippen molar-refractivity contribution in [2.75, 3.05) is 0 Å². The van der Waals surface area contributed by atoms with Crippen LogP contribution in [0.4, 0.5) is 0 Å². The Balaban J connectivity index is 2.21. The Hall–Kier alpha value is -0.890. The van der Waals surface area contributed by atoms with Crippen LogP contribution in [0.1, 0.15) is 11.3 Å². The third kappa shape index (κ3) is 3.36. The normalized spacial score (nSPS) is 11.7. The summed E-state index contributed by atoms with van der Waals surface area (Å²) in [4.78, 5) is 0.0542. The lowest BCUT2D eigenvalue weighted by atomic mass is 10.3. The van der Waals surface area contributed by atoms with Gasteiger partial charge in [0.2, 0.25) is 10.0 Å². The highest BCUT2D eigenvalue weighted by molar-refractivity contribution is 9.10. The molecule has 0 radical (unpaired) electrons. The molecule has 0 aliphatic carbocycles. The van der Waals surface area contributed by atoms with Gasteiger partial charge in [0.05, 0.1) is 11.2 Å². The Morgan fingerprint density at radius 1 is 1.47 bits per heavy atom. The molecule has 0 saturated carbocycles. The van der Waals surface area contributed by atoms with Gasteiger partial charge in [-0.3, -0.25) is 5.10 Å². The molecule has 19 heavy (non-hydrogen) atoms. The zero-order valence-electron chi connectivity index (χ0n) is 9.94. The molecule has 8 heteroatoms. The number of benzene rings is 1. The van der Waals surface area contributed by atoms with E-state index in [-0.39, 0.29) is 16.5 Å². The smallest absolute Gasteiger partial charge is 0.242 e. The minimum absolute atomic E-state index is 0.0542. The Morgan fingerprint density at radius 3 is 2.79 bits per heavy atom. The first kappa shape index (κ1) is 14.5. The number of nitrogens with one attached hydrogen (secondary N) is 2. The number of hydrogen-bond donors (Lipinski definition) is 2. The fraction of sp³-hybridized carbons (Fsp3) is 0.182. The number of nitrogens with zero attached hydrogens (tertiary/aromatic N) is 1. The SMILES string of the molecule is Cc1[nH]ncc1CNS(=O)(=O)c1ccc(Br)cc1Cl. The fourth-order valence-corrected chi connectivity index (χ4v) is 3.54. The van der Waals surface area contributed by atoms with Crippen LogP contribution in [-0.4, -0.2) is 18.6 Å². The van der Waals surface area contributed by atoms with Gasteiger partial charge in [-0.25, -0.2) is 13.1 Å². The van der Waals surface area contributed by atoms with Crippen LogP contribution in [0.25, 0.3) is 0 Å². The van der Waals surface area contributed by atoms with Crippen LogP contribution in [0.5, 0.6) is 0 Å². The number of hydrogen-bond acceptors (Lipinski definition) is 3. The summed E-state index contributed by atoms with van der Waals surface area (Å²) >= 11 is 9.17. The van der Waals surface area contributed by atoms with Crippen LogP contribution in [0.15, 0.2) is 33.8 Å². The molecule has 1 aromatic heterocycles. The van der Waals surface area contributed by atoms with Crippen LogP contribution in [0.2, 0.25) is 5.02 Å². The maximum absolute atomic E-state index is 12.1. The Kier molecular flexibility index (Phi) is 4.29. The topological polar surface area (TPSA) is 74.8 Å². The molecule has 2 N–H and O–H groups in total. The number of rotatable bonds is 4. The maximum Gasteiger partial charge on any atom is 0.242 e. The van der Waals surface area contributed by atoms with E-state index in [4.69, 9.17) is 11.6 Å². The molecule has 0 amide bonds. The minimum atomic E-state index is -3.64. The lowest BCUT2D eigenvalue weighted by Crippen LogP contribution is -2.23. The number of H-pyrrole nitrogens is 1. The third-order valence-corrected chi connectivity index (χ3v) is 4.95. The van der Waals surface area contributed by atoms with Crippen LogP contribution < -0.4 is 4.72 Å². The van der Waals surface area contributed by atoms with Crippen molar-refractivity contribution in [3.63, 3.8) is 0 Å². The van der Waals surface area contributed by atoms with Gasteiger partial charge in [-0.05, 0) is 25.1 Å². The van der Waals surface area contributed by atoms with Gasteiger partial charge >= 0.3 is 0 Å². The van der Waals surface area contributed by atoms with Gasteiger partial charge in [0.15, 0.2) is 0 Å². The average Bonchev–Trinajstić information content (AvgIpc) is 2.72. The Labute approximate surface area is 124 Å². The third-order valence-electron chi connectivity index (χ3n) is 2.57. The van der Waals surface area contributed by atoms with Crippen molar-refractivity contribution < 1.29 is 8.42 Å². The monoisotopic (exact) mass is 363 g/mol. The number of aromatic amines is 1. The van der Waals surface area contributed by atoms with E-state index in [0.717, 1.165) is 15.7 Å². The van der Waals surface area contributed by atoms with Crippen LogP contribution in [0.3, 0.4) is 0 Å². The van der Waals surface area contributed by atoms with Crippen LogP contribution in [-0.2, 0) is 16.6 Å². The molecule has 0 aliphatic rings. The van der Waals surface area contributed by atoms with Crippen LogP contribution in [0, 0.1) is 6.92 Å². The number of aryl methyl sites for hydroxylation is 1. The molecular formula is C11H11BrClN3O2S. The van der Waals surface area contributed by atoms with Gasteiger partial charge < -0.3 is 0 Å². The highest BCUT2D eigenvalue weighted by Gasteiger charge is 2.18. The van der Waals surface area contributed by atoms with Gasteiger partial charge in [-0.1, -0.05) is 27.5 Å². The first-order chi connectivity index (χ1) is 8.90. The molecule has 2 rings (SSSR count). The van der Waals surface area contributed by atoms with E-state index < -0.39 is 10.0 Å². The molecule has 0 fully saturated rings. The van der Waals surface area contributed by atoms with Gasteiger partial charge in [0.1, 0.15) is 4.90 Å². The number of aromatic nitrogens is 2. The van der Waals surface area contributed by atoms with Crippen molar-refractivity contribution in [1.29, 1.82) is 0 Å². The van der Waals surface area contributed by atoms with Crippen molar-refractivity contribution in [2.24, 2.45) is 0 Å². The lowest BCUT2D eigenvalue weighted by Gasteiger charge is -2.08. The molecule has 0 bridgehead atoms. The zero-order valence-corrected chi connectivity index (χ0v) is 13.1. The predicted octanol–water partition coefficient (Wildman–Crippen LogP) is 2.61. The van der Waals surface area contributed by atoms with Crippen molar-refractivity contribution >= 4 is 37.6 Å². The summed E-state index contributed by atoms with van der Waals surface area (Å²) in [6.07, 6.45) is 1.58. The summed E-state index contributed by atoms with van der Waals surface area (Å²) in [6.45, 7) is 1.99. The first-order valence-electron chi connectivity index (χ1n) is 5.34. The predicted molar refractivity (Wildman–Crippen MR) is 76.5 cm³/mol. The molecule has 5 nitrogen and oxygen atoms in total. The van der Waals surface area contributed by atoms with Gasteiger partial charge in [0.25, 0.3) is 0 Å². The summed E-state index contributed by atoms with van der Waals surface area (Å²) in [6, 6.07) is 4.62. The second-order valence-corrected chi connectivity index (χ2v) is 6.98. The van der Waals surface area contributed by atoms with E-state index in [1.54, 1.807) is 18.3 Å². The molecule has 0 unspecified atom stereocenters. The molecule has 0 saturated heterocycles. The maximum atomic E-state index is 12.1. The highest BCUT2D eigenvalue weighted by atomic mass is 79.9. The summed E-state index contributed by atoms with van der Waals surface area (Å²) in [5.74, 6) is 0. The largest absolute Gasteiger partial charge is 0.283 e. The molecule has 2 aromatic rings. The first-order valence-corrected chi connectivity index (χ1v) is 7.99. The minimum Gasteiger partial charge on any atom is -0.283 e. The summed E-state index contributed by atoms with van der Waals surface area (Å²) in [7, 11) is -3.64. The zero-order chi connectivity index (χ0) is 14.0. The van der Waals surface area contributed by atoms with E-state index in [1.165, 1.54) is 6.07 Å². The van der Waals surface area contributed by atoms with E-state index >= 15 is 0 Å². The molecular weight excluding hydrogens is 354 g/mol. The molecule has 1 aromatic carbocycles. The second kappa shape index (κ2) is 5.62. The number of halogens is 2. The standard InChI is InChI=1S/C11H11BrClN3O2S/c1-7-8(5-14-16-7)6-15-19(17,18)11-3-2-9(12)4-10(11)13/h2-5,15H,6H2,1H3,(H,14,16). The van der Waals surface area contributed by atoms with Crippen molar-refractivity contribution in [2.45, 2.75) is 18.4 Å². The van der Waals surface area contributed by atoms with Gasteiger partial charge in [0, 0.05) is 22.3 Å². The van der Waals surface area contributed by atoms with Crippen LogP contribution >= 0.6 is 27.5 Å². The van der Waals surface area contributed by atoms with Gasteiger partial charge in [-0.2, -0.15) is 5.10 Å². The fourth-order valence-electron chi connectivity index (χ4n) is 1.50. The van der Waals surface area contributed by atoms with Crippen molar-refractivity contribution in [3.05, 3.63) is 45.1 Å². The van der Waals surface area contributed by atoms with E-state index in [2.05, 4.69) is 30.8 Å². The van der Waals surface area contributed by atoms with Crippen molar-refractivity contribution in [3.8, 4) is 0 Å². The summed E-state index contributed by atoms with van der Waals surface area (Å²) in [5.41, 5.74) is 1.61. The van der Waals surface area contributed by atoms with E-state index in [1.807, 2.05) is 6.92 Å². The second-order valence-electron chi connectivity index (χ2n) is 3.92. The average molecular weight is 365 g/mol. The number of sulfonamides is 1. The van der Waals surface area contributed by atoms with Gasteiger partial charge in [-0.15, -0.1) is 0 Å². The molecule has 1 heterocycles. The summed E-state index contributed by atoms with van der Waals surface area (Å²) < 4.78 is 27.5. The Bertz CT molecular complexity index is 700. The molecule has 0 atom stereocenters. The summed E-state index contributed by atoms with van der Waals surface area (Å²) in [5, 5.41) is 6.75. The van der Waals surface area contributed by atoms with E-state index in [0.29, 0.717) is 0 Å². The molecule has 0 spiro atoms. The quantitative estimate of drug-likeness (QED) is 0.875. The highest BCUT2D eigenvalue weighted by Crippen LogP contribution is 2.25. The van der Waals surface area contributed by atoms with E-state index in [9.17, 15) is 8.42 Å². The molecule has 0 aliphatic heterocycles. The molecule has 102 valence electrons. The van der Waals surface area contributed by atoms with Crippen molar-refractivity contribution in [1.82, 2.24) is 14.9 Å². The Morgan fingerprint density at radius 2 is 2.21 bits per heavy atom.